The van der Waals surface area contributed by atoms with Gasteiger partial charge in [0.05, 0.1) is 0 Å². The molecule has 84 valence electrons. The lowest BCUT2D eigenvalue weighted by molar-refractivity contribution is 0.515. The summed E-state index contributed by atoms with van der Waals surface area (Å²) in [4.78, 5) is 0. The highest BCUT2D eigenvalue weighted by Crippen LogP contribution is 2.30. The Hall–Kier alpha value is -0.850. The first kappa shape index (κ1) is 12.2. The van der Waals surface area contributed by atoms with E-state index in [1.807, 2.05) is 32.9 Å². The fourth-order valence-electron chi connectivity index (χ4n) is 1.57. The van der Waals surface area contributed by atoms with Crippen molar-refractivity contribution in [3.63, 3.8) is 0 Å². The van der Waals surface area contributed by atoms with Gasteiger partial charge in [0.1, 0.15) is 5.82 Å². The van der Waals surface area contributed by atoms with E-state index in [0.29, 0.717) is 0 Å². The van der Waals surface area contributed by atoms with Crippen molar-refractivity contribution in [2.75, 3.05) is 0 Å². The molecule has 0 aliphatic heterocycles. The van der Waals surface area contributed by atoms with Crippen LogP contribution >= 0.6 is 0 Å². The van der Waals surface area contributed by atoms with Gasteiger partial charge in [0.25, 0.3) is 0 Å². The first-order chi connectivity index (χ1) is 6.62. The largest absolute Gasteiger partial charge is 0.207 e. The minimum Gasteiger partial charge on any atom is -0.207 e. The van der Waals surface area contributed by atoms with E-state index in [2.05, 4.69) is 20.8 Å². The molecule has 0 atom stereocenters. The molecule has 0 unspecified atom stereocenters. The topological polar surface area (TPSA) is 0 Å². The fraction of sp³-hybridized carbons (Fsp3) is 0.571. The summed E-state index contributed by atoms with van der Waals surface area (Å²) in [5.41, 5.74) is 1.93. The van der Waals surface area contributed by atoms with Gasteiger partial charge < -0.3 is 0 Å². The number of halogens is 1. The summed E-state index contributed by atoms with van der Waals surface area (Å²) < 4.78 is 13.7. The molecule has 0 nitrogen and oxygen atoms in total. The Morgan fingerprint density at radius 3 is 1.80 bits per heavy atom. The summed E-state index contributed by atoms with van der Waals surface area (Å²) in [6.45, 7) is 12.6. The lowest BCUT2D eigenvalue weighted by Gasteiger charge is -2.25. The molecule has 0 aliphatic rings. The summed E-state index contributed by atoms with van der Waals surface area (Å²) in [6, 6.07) is 5.46. The third-order valence-electron chi connectivity index (χ3n) is 2.64. The van der Waals surface area contributed by atoms with Crippen LogP contribution in [0.1, 0.15) is 52.7 Å². The van der Waals surface area contributed by atoms with Gasteiger partial charge >= 0.3 is 0 Å². The molecule has 0 aliphatic carbocycles. The fourth-order valence-corrected chi connectivity index (χ4v) is 1.57. The first-order valence-corrected chi connectivity index (χ1v) is 5.43. The molecule has 1 heteroatoms. The summed E-state index contributed by atoms with van der Waals surface area (Å²) in [6.07, 6.45) is 0. The van der Waals surface area contributed by atoms with Gasteiger partial charge in [-0.25, -0.2) is 4.39 Å². The van der Waals surface area contributed by atoms with Gasteiger partial charge in [-0.15, -0.1) is 0 Å². The maximum atomic E-state index is 13.7. The third kappa shape index (κ3) is 2.80. The van der Waals surface area contributed by atoms with E-state index in [1.54, 1.807) is 6.07 Å². The normalized spacial score (nSPS) is 13.0. The van der Waals surface area contributed by atoms with E-state index in [4.69, 9.17) is 0 Å². The zero-order valence-electron chi connectivity index (χ0n) is 10.6. The van der Waals surface area contributed by atoms with Crippen molar-refractivity contribution in [3.8, 4) is 0 Å². The summed E-state index contributed by atoms with van der Waals surface area (Å²) in [5, 5.41) is 0. The molecule has 0 saturated carbocycles. The van der Waals surface area contributed by atoms with Gasteiger partial charge in [0.15, 0.2) is 0 Å². The van der Waals surface area contributed by atoms with Gasteiger partial charge in [-0.05, 0) is 28.0 Å². The molecule has 0 amide bonds. The average Bonchev–Trinajstić information content (AvgIpc) is 2.00. The Labute approximate surface area is 92.5 Å². The molecule has 1 aromatic rings. The van der Waals surface area contributed by atoms with Crippen LogP contribution in [0.2, 0.25) is 0 Å². The van der Waals surface area contributed by atoms with Crippen LogP contribution in [-0.2, 0) is 10.8 Å². The molecule has 0 aromatic heterocycles. The Balaban J connectivity index is 3.30. The van der Waals surface area contributed by atoms with Crippen LogP contribution in [0.15, 0.2) is 18.2 Å². The van der Waals surface area contributed by atoms with E-state index < -0.39 is 0 Å². The molecular formula is C14H21F. The van der Waals surface area contributed by atoms with Gasteiger partial charge in [-0.2, -0.15) is 0 Å². The second kappa shape index (κ2) is 3.62. The van der Waals surface area contributed by atoms with Crippen LogP contribution < -0.4 is 0 Å². The SMILES string of the molecule is CC(C)(C)c1ccc(F)c(C(C)(C)C)c1. The highest BCUT2D eigenvalue weighted by atomic mass is 19.1. The van der Waals surface area contributed by atoms with Crippen molar-refractivity contribution < 1.29 is 4.39 Å². The molecule has 0 N–H and O–H groups in total. The van der Waals surface area contributed by atoms with Crippen LogP contribution in [0.5, 0.6) is 0 Å². The minimum atomic E-state index is -0.134. The Morgan fingerprint density at radius 1 is 0.867 bits per heavy atom. The van der Waals surface area contributed by atoms with E-state index in [0.717, 1.165) is 5.56 Å². The van der Waals surface area contributed by atoms with Crippen molar-refractivity contribution in [2.24, 2.45) is 0 Å². The highest BCUT2D eigenvalue weighted by Gasteiger charge is 2.22. The lowest BCUT2D eigenvalue weighted by Crippen LogP contribution is -2.17. The zero-order valence-corrected chi connectivity index (χ0v) is 10.6. The van der Waals surface area contributed by atoms with E-state index >= 15 is 0 Å². The average molecular weight is 208 g/mol. The van der Waals surface area contributed by atoms with Gasteiger partial charge in [0.2, 0.25) is 0 Å². The molecule has 1 rings (SSSR count). The number of hydrogen-bond donors (Lipinski definition) is 0. The molecule has 15 heavy (non-hydrogen) atoms. The highest BCUT2D eigenvalue weighted by molar-refractivity contribution is 5.33. The molecule has 0 fully saturated rings. The quantitative estimate of drug-likeness (QED) is 0.592. The van der Waals surface area contributed by atoms with Gasteiger partial charge in [-0.3, -0.25) is 0 Å². The molecule has 1 aromatic carbocycles. The maximum Gasteiger partial charge on any atom is 0.126 e. The van der Waals surface area contributed by atoms with Crippen LogP contribution in [-0.4, -0.2) is 0 Å². The third-order valence-corrected chi connectivity index (χ3v) is 2.64. The second-order valence-electron chi connectivity index (χ2n) is 6.19. The number of rotatable bonds is 0. The maximum absolute atomic E-state index is 13.7. The Bertz CT molecular complexity index is 351. The monoisotopic (exact) mass is 208 g/mol. The van der Waals surface area contributed by atoms with Crippen LogP contribution in [0, 0.1) is 5.82 Å². The summed E-state index contributed by atoms with van der Waals surface area (Å²) >= 11 is 0. The molecule has 0 spiro atoms. The second-order valence-corrected chi connectivity index (χ2v) is 6.19. The summed E-state index contributed by atoms with van der Waals surface area (Å²) in [5.74, 6) is -0.101. The van der Waals surface area contributed by atoms with Crippen molar-refractivity contribution in [1.29, 1.82) is 0 Å². The molecule has 0 heterocycles. The summed E-state index contributed by atoms with van der Waals surface area (Å²) in [7, 11) is 0. The van der Waals surface area contributed by atoms with Crippen molar-refractivity contribution >= 4 is 0 Å². The lowest BCUT2D eigenvalue weighted by atomic mass is 9.80. The van der Waals surface area contributed by atoms with Crippen LogP contribution in [0.25, 0.3) is 0 Å². The molecule has 0 radical (unpaired) electrons. The van der Waals surface area contributed by atoms with E-state index in [9.17, 15) is 4.39 Å². The van der Waals surface area contributed by atoms with Crippen molar-refractivity contribution in [3.05, 3.63) is 35.1 Å². The standard InChI is InChI=1S/C14H21F/c1-13(2,3)10-7-8-12(15)11(9-10)14(4,5)6/h7-9H,1-6H3. The Morgan fingerprint density at radius 2 is 1.40 bits per heavy atom. The Kier molecular flexibility index (Phi) is 2.95. The smallest absolute Gasteiger partial charge is 0.126 e. The molecule has 0 saturated heterocycles. The van der Waals surface area contributed by atoms with E-state index in [-0.39, 0.29) is 16.6 Å². The minimum absolute atomic E-state index is 0.0771. The van der Waals surface area contributed by atoms with Crippen molar-refractivity contribution in [1.82, 2.24) is 0 Å². The number of hydrogen-bond acceptors (Lipinski definition) is 0. The van der Waals surface area contributed by atoms with Crippen LogP contribution in [0.4, 0.5) is 4.39 Å². The predicted octanol–water partition coefficient (Wildman–Crippen LogP) is 4.42. The van der Waals surface area contributed by atoms with Crippen LogP contribution in [0.3, 0.4) is 0 Å². The van der Waals surface area contributed by atoms with E-state index in [1.165, 1.54) is 5.56 Å². The molecular weight excluding hydrogens is 187 g/mol. The van der Waals surface area contributed by atoms with Crippen molar-refractivity contribution in [2.45, 2.75) is 52.4 Å². The zero-order chi connectivity index (χ0) is 11.9. The predicted molar refractivity (Wildman–Crippen MR) is 63.8 cm³/mol. The van der Waals surface area contributed by atoms with Gasteiger partial charge in [-0.1, -0.05) is 53.7 Å². The number of benzene rings is 1. The van der Waals surface area contributed by atoms with Gasteiger partial charge in [0, 0.05) is 0 Å². The molecule has 0 bridgehead atoms. The first-order valence-electron chi connectivity index (χ1n) is 5.43.